The number of alkyl halides is 3. The largest absolute Gasteiger partial charge is 0.481 e. The Morgan fingerprint density at radius 2 is 1.75 bits per heavy atom. The van der Waals surface area contributed by atoms with Crippen LogP contribution in [0, 0.1) is 0 Å². The van der Waals surface area contributed by atoms with Crippen molar-refractivity contribution in [2.75, 3.05) is 7.11 Å². The molecule has 0 spiro atoms. The first-order chi connectivity index (χ1) is 9.45. The van der Waals surface area contributed by atoms with Crippen molar-refractivity contribution in [3.05, 3.63) is 47.7 Å². The first-order valence-electron chi connectivity index (χ1n) is 5.63. The molecule has 0 radical (unpaired) electrons. The molecule has 0 N–H and O–H groups in total. The highest BCUT2D eigenvalue weighted by Crippen LogP contribution is 2.33. The van der Waals surface area contributed by atoms with Crippen LogP contribution >= 0.6 is 0 Å². The number of hydrogen-bond acceptors (Lipinski definition) is 3. The van der Waals surface area contributed by atoms with Gasteiger partial charge in [0.15, 0.2) is 6.29 Å². The normalized spacial score (nSPS) is 11.2. The summed E-state index contributed by atoms with van der Waals surface area (Å²) in [6, 6.07) is 7.71. The molecule has 0 aliphatic heterocycles. The van der Waals surface area contributed by atoms with Crippen molar-refractivity contribution in [1.29, 1.82) is 0 Å². The molecule has 2 rings (SSSR count). The molecule has 0 aliphatic rings. The molecule has 1 aromatic heterocycles. The zero-order chi connectivity index (χ0) is 14.8. The lowest BCUT2D eigenvalue weighted by atomic mass is 10.0. The molecule has 6 heteroatoms. The number of halogens is 3. The van der Waals surface area contributed by atoms with Crippen LogP contribution in [0.3, 0.4) is 0 Å². The summed E-state index contributed by atoms with van der Waals surface area (Å²) in [7, 11) is 1.38. The van der Waals surface area contributed by atoms with Gasteiger partial charge in [0.1, 0.15) is 5.69 Å². The molecule has 0 saturated carbocycles. The van der Waals surface area contributed by atoms with Crippen LogP contribution in [0.2, 0.25) is 0 Å². The molecule has 3 nitrogen and oxygen atoms in total. The summed E-state index contributed by atoms with van der Waals surface area (Å²) < 4.78 is 42.5. The molecule has 104 valence electrons. The minimum absolute atomic E-state index is 0.189. The van der Waals surface area contributed by atoms with Crippen molar-refractivity contribution in [2.45, 2.75) is 6.18 Å². The van der Waals surface area contributed by atoms with Gasteiger partial charge in [-0.3, -0.25) is 4.79 Å². The Morgan fingerprint density at radius 1 is 1.10 bits per heavy atom. The zero-order valence-corrected chi connectivity index (χ0v) is 10.4. The van der Waals surface area contributed by atoms with Crippen molar-refractivity contribution in [2.24, 2.45) is 0 Å². The maximum absolute atomic E-state index is 12.5. The smallest absolute Gasteiger partial charge is 0.416 e. The van der Waals surface area contributed by atoms with E-state index in [2.05, 4.69) is 4.98 Å². The number of rotatable bonds is 3. The molecule has 0 bridgehead atoms. The van der Waals surface area contributed by atoms with E-state index in [9.17, 15) is 18.0 Å². The maximum atomic E-state index is 12.5. The maximum Gasteiger partial charge on any atom is 0.416 e. The van der Waals surface area contributed by atoms with Gasteiger partial charge in [0, 0.05) is 5.56 Å². The van der Waals surface area contributed by atoms with Crippen molar-refractivity contribution < 1.29 is 22.7 Å². The van der Waals surface area contributed by atoms with Crippen LogP contribution in [0.25, 0.3) is 11.1 Å². The lowest BCUT2D eigenvalue weighted by Crippen LogP contribution is -2.04. The Kier molecular flexibility index (Phi) is 3.74. The Morgan fingerprint density at radius 3 is 2.25 bits per heavy atom. The highest BCUT2D eigenvalue weighted by molar-refractivity contribution is 5.76. The second-order valence-corrected chi connectivity index (χ2v) is 3.99. The van der Waals surface area contributed by atoms with Gasteiger partial charge in [0.2, 0.25) is 5.88 Å². The highest BCUT2D eigenvalue weighted by Gasteiger charge is 2.30. The van der Waals surface area contributed by atoms with Gasteiger partial charge < -0.3 is 4.74 Å². The fourth-order valence-electron chi connectivity index (χ4n) is 1.73. The molecule has 1 heterocycles. The third kappa shape index (κ3) is 2.79. The number of carbonyl (C=O) groups excluding carboxylic acids is 1. The monoisotopic (exact) mass is 281 g/mol. The van der Waals surface area contributed by atoms with E-state index in [0.29, 0.717) is 17.4 Å². The van der Waals surface area contributed by atoms with E-state index < -0.39 is 11.7 Å². The average Bonchev–Trinajstić information content (AvgIpc) is 2.45. The minimum atomic E-state index is -4.37. The summed E-state index contributed by atoms with van der Waals surface area (Å²) in [5.74, 6) is 0.189. The second-order valence-electron chi connectivity index (χ2n) is 3.99. The second kappa shape index (κ2) is 5.32. The fraction of sp³-hybridized carbons (Fsp3) is 0.143. The van der Waals surface area contributed by atoms with Gasteiger partial charge in [-0.25, -0.2) is 4.98 Å². The van der Waals surface area contributed by atoms with Crippen LogP contribution in [-0.2, 0) is 6.18 Å². The number of aromatic nitrogens is 1. The van der Waals surface area contributed by atoms with Gasteiger partial charge in [0.05, 0.1) is 12.7 Å². The number of ether oxygens (including phenoxy) is 1. The predicted octanol–water partition coefficient (Wildman–Crippen LogP) is 3.59. The number of carbonyl (C=O) groups is 1. The molecule has 0 saturated heterocycles. The highest BCUT2D eigenvalue weighted by atomic mass is 19.4. The van der Waals surface area contributed by atoms with Crippen LogP contribution in [0.1, 0.15) is 16.1 Å². The van der Waals surface area contributed by atoms with Crippen LogP contribution in [-0.4, -0.2) is 18.4 Å². The van der Waals surface area contributed by atoms with Gasteiger partial charge in [0.25, 0.3) is 0 Å². The third-order valence-corrected chi connectivity index (χ3v) is 2.72. The SMILES string of the molecule is COc1nc(C=O)ccc1-c1ccc(C(F)(F)F)cc1. The molecule has 0 atom stereocenters. The van der Waals surface area contributed by atoms with E-state index >= 15 is 0 Å². The van der Waals surface area contributed by atoms with Gasteiger partial charge in [-0.05, 0) is 29.8 Å². The average molecular weight is 281 g/mol. The van der Waals surface area contributed by atoms with E-state index in [1.54, 1.807) is 6.07 Å². The Balaban J connectivity index is 2.44. The van der Waals surface area contributed by atoms with Gasteiger partial charge in [-0.1, -0.05) is 12.1 Å². The first-order valence-corrected chi connectivity index (χ1v) is 5.63. The molecule has 0 aliphatic carbocycles. The van der Waals surface area contributed by atoms with Gasteiger partial charge in [-0.2, -0.15) is 13.2 Å². The molecule has 1 aromatic carbocycles. The number of benzene rings is 1. The van der Waals surface area contributed by atoms with Gasteiger partial charge >= 0.3 is 6.18 Å². The third-order valence-electron chi connectivity index (χ3n) is 2.72. The quantitative estimate of drug-likeness (QED) is 0.807. The van der Waals surface area contributed by atoms with Gasteiger partial charge in [-0.15, -0.1) is 0 Å². The molecular formula is C14H10F3NO2. The van der Waals surface area contributed by atoms with Crippen molar-refractivity contribution in [3.63, 3.8) is 0 Å². The van der Waals surface area contributed by atoms with Crippen LogP contribution in [0.5, 0.6) is 5.88 Å². The lowest BCUT2D eigenvalue weighted by molar-refractivity contribution is -0.137. The summed E-state index contributed by atoms with van der Waals surface area (Å²) in [6.07, 6.45) is -3.80. The summed E-state index contributed by atoms with van der Waals surface area (Å²) in [6.45, 7) is 0. The summed E-state index contributed by atoms with van der Waals surface area (Å²) in [5, 5.41) is 0. The van der Waals surface area contributed by atoms with E-state index in [0.717, 1.165) is 12.1 Å². The fourth-order valence-corrected chi connectivity index (χ4v) is 1.73. The Bertz CT molecular complexity index is 621. The van der Waals surface area contributed by atoms with Crippen molar-refractivity contribution >= 4 is 6.29 Å². The molecule has 0 unspecified atom stereocenters. The van der Waals surface area contributed by atoms with Crippen molar-refractivity contribution in [3.8, 4) is 17.0 Å². The zero-order valence-electron chi connectivity index (χ0n) is 10.4. The molecular weight excluding hydrogens is 271 g/mol. The number of methoxy groups -OCH3 is 1. The van der Waals surface area contributed by atoms with E-state index in [1.807, 2.05) is 0 Å². The van der Waals surface area contributed by atoms with E-state index in [4.69, 9.17) is 4.74 Å². The lowest BCUT2D eigenvalue weighted by Gasteiger charge is -2.10. The first kappa shape index (κ1) is 14.0. The molecule has 0 fully saturated rings. The van der Waals surface area contributed by atoms with Crippen LogP contribution in [0.4, 0.5) is 13.2 Å². The standard InChI is InChI=1S/C14H10F3NO2/c1-20-13-12(7-6-11(8-19)18-13)9-2-4-10(5-3-9)14(15,16)17/h2-8H,1H3. The van der Waals surface area contributed by atoms with Crippen LogP contribution < -0.4 is 4.74 Å². The Hall–Kier alpha value is -2.37. The topological polar surface area (TPSA) is 39.2 Å². The minimum Gasteiger partial charge on any atom is -0.481 e. The predicted molar refractivity (Wildman–Crippen MR) is 66.6 cm³/mol. The number of pyridine rings is 1. The number of nitrogens with zero attached hydrogens (tertiary/aromatic N) is 1. The van der Waals surface area contributed by atoms with E-state index in [-0.39, 0.29) is 11.6 Å². The number of aldehydes is 1. The van der Waals surface area contributed by atoms with Crippen LogP contribution in [0.15, 0.2) is 36.4 Å². The summed E-state index contributed by atoms with van der Waals surface area (Å²) in [5.41, 5.74) is 0.516. The Labute approximate surface area is 113 Å². The van der Waals surface area contributed by atoms with E-state index in [1.165, 1.54) is 25.3 Å². The molecule has 2 aromatic rings. The molecule has 20 heavy (non-hydrogen) atoms. The number of hydrogen-bond donors (Lipinski definition) is 0. The molecule has 0 amide bonds. The summed E-state index contributed by atoms with van der Waals surface area (Å²) in [4.78, 5) is 14.6. The van der Waals surface area contributed by atoms with Crippen molar-refractivity contribution in [1.82, 2.24) is 4.98 Å². The summed E-state index contributed by atoms with van der Waals surface area (Å²) >= 11 is 0.